The van der Waals surface area contributed by atoms with Crippen LogP contribution >= 0.6 is 0 Å². The molecule has 0 radical (unpaired) electrons. The SMILES string of the molecule is Cc1cc(OCCCCCCNC2CC2)n(C)n1. The maximum absolute atomic E-state index is 5.70. The standard InChI is InChI=1S/C14H25N3O/c1-12-11-14(17(2)16-12)18-10-6-4-3-5-9-15-13-7-8-13/h11,13,15H,3-10H2,1-2H3. The van der Waals surface area contributed by atoms with E-state index in [-0.39, 0.29) is 0 Å². The Hall–Kier alpha value is -1.03. The van der Waals surface area contributed by atoms with Gasteiger partial charge < -0.3 is 10.1 Å². The normalized spacial score (nSPS) is 15.0. The molecule has 4 nitrogen and oxygen atoms in total. The first kappa shape index (κ1) is 13.4. The lowest BCUT2D eigenvalue weighted by Crippen LogP contribution is -2.17. The van der Waals surface area contributed by atoms with E-state index >= 15 is 0 Å². The molecule has 2 rings (SSSR count). The summed E-state index contributed by atoms with van der Waals surface area (Å²) < 4.78 is 7.50. The summed E-state index contributed by atoms with van der Waals surface area (Å²) in [6.45, 7) is 3.97. The molecule has 0 aromatic carbocycles. The molecule has 0 aliphatic heterocycles. The predicted octanol–water partition coefficient (Wildman–Crippen LogP) is 2.42. The minimum Gasteiger partial charge on any atom is -0.478 e. The topological polar surface area (TPSA) is 39.1 Å². The van der Waals surface area contributed by atoms with E-state index < -0.39 is 0 Å². The predicted molar refractivity (Wildman–Crippen MR) is 72.9 cm³/mol. The summed E-state index contributed by atoms with van der Waals surface area (Å²) in [7, 11) is 1.92. The molecular weight excluding hydrogens is 226 g/mol. The number of aromatic nitrogens is 2. The second kappa shape index (κ2) is 6.78. The first-order valence-electron chi connectivity index (χ1n) is 7.12. The van der Waals surface area contributed by atoms with Crippen molar-refractivity contribution in [1.29, 1.82) is 0 Å². The quantitative estimate of drug-likeness (QED) is 0.685. The second-order valence-corrected chi connectivity index (χ2v) is 5.24. The van der Waals surface area contributed by atoms with E-state index in [1.165, 1.54) is 38.6 Å². The van der Waals surface area contributed by atoms with Crippen molar-refractivity contribution in [3.05, 3.63) is 11.8 Å². The van der Waals surface area contributed by atoms with Crippen molar-refractivity contribution < 1.29 is 4.74 Å². The van der Waals surface area contributed by atoms with Crippen LogP contribution in [0.2, 0.25) is 0 Å². The minimum atomic E-state index is 0.801. The van der Waals surface area contributed by atoms with Crippen molar-refractivity contribution in [3.63, 3.8) is 0 Å². The Bertz CT molecular complexity index is 358. The molecule has 0 bridgehead atoms. The Morgan fingerprint density at radius 3 is 2.78 bits per heavy atom. The number of hydrogen-bond donors (Lipinski definition) is 1. The molecule has 0 atom stereocenters. The van der Waals surface area contributed by atoms with Crippen LogP contribution in [0.5, 0.6) is 5.88 Å². The highest BCUT2D eigenvalue weighted by molar-refractivity contribution is 5.14. The Kier molecular flexibility index (Phi) is 5.05. The third-order valence-electron chi connectivity index (χ3n) is 3.29. The molecular formula is C14H25N3O. The van der Waals surface area contributed by atoms with Gasteiger partial charge in [0, 0.05) is 19.2 Å². The van der Waals surface area contributed by atoms with Gasteiger partial charge in [-0.3, -0.25) is 0 Å². The molecule has 1 heterocycles. The average Bonchev–Trinajstić information content (AvgIpc) is 3.09. The molecule has 1 aromatic heterocycles. The number of rotatable bonds is 9. The van der Waals surface area contributed by atoms with Gasteiger partial charge in [-0.05, 0) is 39.2 Å². The summed E-state index contributed by atoms with van der Waals surface area (Å²) >= 11 is 0. The summed E-state index contributed by atoms with van der Waals surface area (Å²) in [5.41, 5.74) is 1.01. The second-order valence-electron chi connectivity index (χ2n) is 5.24. The first-order valence-corrected chi connectivity index (χ1v) is 7.12. The van der Waals surface area contributed by atoms with Gasteiger partial charge in [0.15, 0.2) is 0 Å². The van der Waals surface area contributed by atoms with Crippen LogP contribution in [0.4, 0.5) is 0 Å². The fourth-order valence-electron chi connectivity index (χ4n) is 2.07. The zero-order valence-corrected chi connectivity index (χ0v) is 11.6. The third kappa shape index (κ3) is 4.69. The fraction of sp³-hybridized carbons (Fsp3) is 0.786. The molecule has 1 aliphatic rings. The molecule has 18 heavy (non-hydrogen) atoms. The van der Waals surface area contributed by atoms with E-state index in [2.05, 4.69) is 10.4 Å². The molecule has 1 aliphatic carbocycles. The number of nitrogens with zero attached hydrogens (tertiary/aromatic N) is 2. The maximum atomic E-state index is 5.70. The summed E-state index contributed by atoms with van der Waals surface area (Å²) in [5.74, 6) is 0.878. The molecule has 1 fully saturated rings. The van der Waals surface area contributed by atoms with Crippen LogP contribution in [-0.2, 0) is 7.05 Å². The van der Waals surface area contributed by atoms with Crippen molar-refractivity contribution in [1.82, 2.24) is 15.1 Å². The lowest BCUT2D eigenvalue weighted by molar-refractivity contribution is 0.279. The molecule has 0 unspecified atom stereocenters. The van der Waals surface area contributed by atoms with Gasteiger partial charge in [0.1, 0.15) is 0 Å². The third-order valence-corrected chi connectivity index (χ3v) is 3.29. The number of ether oxygens (including phenoxy) is 1. The highest BCUT2D eigenvalue weighted by Gasteiger charge is 2.19. The minimum absolute atomic E-state index is 0.801. The Morgan fingerprint density at radius 2 is 2.11 bits per heavy atom. The van der Waals surface area contributed by atoms with Crippen LogP contribution in [0.25, 0.3) is 0 Å². The van der Waals surface area contributed by atoms with Crippen LogP contribution in [0, 0.1) is 6.92 Å². The number of aryl methyl sites for hydroxylation is 2. The zero-order valence-electron chi connectivity index (χ0n) is 11.6. The van der Waals surface area contributed by atoms with Crippen LogP contribution in [0.15, 0.2) is 6.07 Å². The van der Waals surface area contributed by atoms with Crippen molar-refractivity contribution >= 4 is 0 Å². The maximum Gasteiger partial charge on any atom is 0.211 e. The molecule has 1 N–H and O–H groups in total. The molecule has 4 heteroatoms. The van der Waals surface area contributed by atoms with Crippen LogP contribution in [-0.4, -0.2) is 29.0 Å². The molecule has 102 valence electrons. The van der Waals surface area contributed by atoms with Gasteiger partial charge in [-0.25, -0.2) is 4.68 Å². The van der Waals surface area contributed by atoms with Crippen molar-refractivity contribution in [2.45, 2.75) is 51.5 Å². The van der Waals surface area contributed by atoms with Crippen molar-refractivity contribution in [2.75, 3.05) is 13.2 Å². The van der Waals surface area contributed by atoms with Crippen LogP contribution < -0.4 is 10.1 Å². The van der Waals surface area contributed by atoms with Gasteiger partial charge in [-0.15, -0.1) is 0 Å². The monoisotopic (exact) mass is 251 g/mol. The summed E-state index contributed by atoms with van der Waals surface area (Å²) in [5, 5.41) is 7.80. The Morgan fingerprint density at radius 1 is 1.33 bits per heavy atom. The first-order chi connectivity index (χ1) is 8.75. The van der Waals surface area contributed by atoms with E-state index in [4.69, 9.17) is 4.74 Å². The molecule has 0 spiro atoms. The summed E-state index contributed by atoms with van der Waals surface area (Å²) in [6.07, 6.45) is 7.75. The highest BCUT2D eigenvalue weighted by atomic mass is 16.5. The van der Waals surface area contributed by atoms with E-state index in [1.807, 2.05) is 20.0 Å². The number of unbranched alkanes of at least 4 members (excludes halogenated alkanes) is 3. The smallest absolute Gasteiger partial charge is 0.211 e. The lowest BCUT2D eigenvalue weighted by atomic mass is 10.2. The van der Waals surface area contributed by atoms with Gasteiger partial charge in [0.05, 0.1) is 12.3 Å². The molecule has 1 saturated carbocycles. The van der Waals surface area contributed by atoms with Crippen LogP contribution in [0.3, 0.4) is 0 Å². The number of hydrogen-bond acceptors (Lipinski definition) is 3. The van der Waals surface area contributed by atoms with E-state index in [0.29, 0.717) is 0 Å². The zero-order chi connectivity index (χ0) is 12.8. The lowest BCUT2D eigenvalue weighted by Gasteiger charge is -2.06. The fourth-order valence-corrected chi connectivity index (χ4v) is 2.07. The summed E-state index contributed by atoms with van der Waals surface area (Å²) in [6, 6.07) is 2.83. The van der Waals surface area contributed by atoms with E-state index in [9.17, 15) is 0 Å². The van der Waals surface area contributed by atoms with Gasteiger partial charge >= 0.3 is 0 Å². The Balaban J connectivity index is 1.44. The largest absolute Gasteiger partial charge is 0.478 e. The van der Waals surface area contributed by atoms with E-state index in [0.717, 1.165) is 30.6 Å². The average molecular weight is 251 g/mol. The molecule has 0 saturated heterocycles. The molecule has 0 amide bonds. The van der Waals surface area contributed by atoms with Gasteiger partial charge in [0.2, 0.25) is 5.88 Å². The van der Waals surface area contributed by atoms with Crippen molar-refractivity contribution in [2.24, 2.45) is 7.05 Å². The molecule has 1 aromatic rings. The van der Waals surface area contributed by atoms with Crippen molar-refractivity contribution in [3.8, 4) is 5.88 Å². The Labute approximate surface area is 110 Å². The highest BCUT2D eigenvalue weighted by Crippen LogP contribution is 2.18. The van der Waals surface area contributed by atoms with Gasteiger partial charge in [-0.1, -0.05) is 12.8 Å². The number of nitrogens with one attached hydrogen (secondary N) is 1. The summed E-state index contributed by atoms with van der Waals surface area (Å²) in [4.78, 5) is 0. The van der Waals surface area contributed by atoms with Gasteiger partial charge in [-0.2, -0.15) is 5.10 Å². The van der Waals surface area contributed by atoms with E-state index in [1.54, 1.807) is 4.68 Å². The van der Waals surface area contributed by atoms with Gasteiger partial charge in [0.25, 0.3) is 0 Å². The van der Waals surface area contributed by atoms with Crippen LogP contribution in [0.1, 0.15) is 44.2 Å².